The van der Waals surface area contributed by atoms with Crippen LogP contribution in [0.4, 0.5) is 0 Å². The molecular formula is C19H24N2O2. The number of likely N-dealkylation sites (tertiary alicyclic amines) is 1. The van der Waals surface area contributed by atoms with Gasteiger partial charge in [0.05, 0.1) is 6.10 Å². The number of amides is 1. The van der Waals surface area contributed by atoms with Gasteiger partial charge in [0.1, 0.15) is 11.4 Å². The summed E-state index contributed by atoms with van der Waals surface area (Å²) in [6, 6.07) is 9.87. The molecule has 1 aromatic heterocycles. The summed E-state index contributed by atoms with van der Waals surface area (Å²) in [4.78, 5) is 17.6. The van der Waals surface area contributed by atoms with Crippen molar-refractivity contribution < 1.29 is 9.53 Å². The van der Waals surface area contributed by atoms with Crippen LogP contribution in [0.5, 0.6) is 5.75 Å². The van der Waals surface area contributed by atoms with E-state index in [1.165, 1.54) is 6.42 Å². The van der Waals surface area contributed by atoms with Crippen molar-refractivity contribution in [2.75, 3.05) is 13.1 Å². The predicted octanol–water partition coefficient (Wildman–Crippen LogP) is 4.10. The number of hydrogen-bond acceptors (Lipinski definition) is 2. The van der Waals surface area contributed by atoms with Gasteiger partial charge in [0.25, 0.3) is 5.91 Å². The molecule has 1 aliphatic heterocycles. The Balaban J connectivity index is 1.83. The molecule has 3 rings (SSSR count). The number of benzene rings is 1. The van der Waals surface area contributed by atoms with E-state index in [1.54, 1.807) is 0 Å². The zero-order valence-corrected chi connectivity index (χ0v) is 13.8. The van der Waals surface area contributed by atoms with Crippen molar-refractivity contribution in [2.45, 2.75) is 39.2 Å². The highest BCUT2D eigenvalue weighted by Crippen LogP contribution is 2.31. The maximum atomic E-state index is 12.6. The van der Waals surface area contributed by atoms with Gasteiger partial charge in [0, 0.05) is 30.4 Å². The molecule has 0 saturated carbocycles. The Kier molecular flexibility index (Phi) is 4.70. The molecule has 1 aromatic carbocycles. The van der Waals surface area contributed by atoms with E-state index in [0.717, 1.165) is 42.8 Å². The molecule has 0 spiro atoms. The van der Waals surface area contributed by atoms with Crippen LogP contribution in [0.3, 0.4) is 0 Å². The third kappa shape index (κ3) is 3.58. The van der Waals surface area contributed by atoms with Crippen LogP contribution in [-0.2, 0) is 0 Å². The van der Waals surface area contributed by atoms with Crippen molar-refractivity contribution in [1.29, 1.82) is 0 Å². The molecule has 2 aromatic rings. The topological polar surface area (TPSA) is 45.3 Å². The molecule has 0 radical (unpaired) electrons. The van der Waals surface area contributed by atoms with Crippen molar-refractivity contribution in [3.8, 4) is 16.9 Å². The number of nitrogens with zero attached hydrogens (tertiary/aromatic N) is 1. The molecule has 4 heteroatoms. The van der Waals surface area contributed by atoms with E-state index in [9.17, 15) is 4.79 Å². The van der Waals surface area contributed by atoms with Crippen LogP contribution in [0.15, 0.2) is 36.5 Å². The molecule has 0 unspecified atom stereocenters. The SMILES string of the molecule is CC(C)Oc1ccccc1-c1c[nH]c(C(=O)N2CCCCC2)c1. The monoisotopic (exact) mass is 312 g/mol. The number of aromatic nitrogens is 1. The van der Waals surface area contributed by atoms with Gasteiger partial charge in [0.15, 0.2) is 0 Å². The van der Waals surface area contributed by atoms with Crippen molar-refractivity contribution in [1.82, 2.24) is 9.88 Å². The second kappa shape index (κ2) is 6.90. The van der Waals surface area contributed by atoms with E-state index < -0.39 is 0 Å². The van der Waals surface area contributed by atoms with Crippen LogP contribution < -0.4 is 4.74 Å². The van der Waals surface area contributed by atoms with Gasteiger partial charge in [-0.1, -0.05) is 18.2 Å². The van der Waals surface area contributed by atoms with Gasteiger partial charge in [-0.3, -0.25) is 4.79 Å². The first-order valence-corrected chi connectivity index (χ1v) is 8.39. The number of carbonyl (C=O) groups excluding carboxylic acids is 1. The van der Waals surface area contributed by atoms with Crippen LogP contribution in [-0.4, -0.2) is 35.0 Å². The molecule has 122 valence electrons. The van der Waals surface area contributed by atoms with Crippen LogP contribution in [0, 0.1) is 0 Å². The first kappa shape index (κ1) is 15.7. The van der Waals surface area contributed by atoms with Crippen LogP contribution in [0.2, 0.25) is 0 Å². The van der Waals surface area contributed by atoms with Gasteiger partial charge in [0.2, 0.25) is 0 Å². The van der Waals surface area contributed by atoms with Crippen LogP contribution >= 0.6 is 0 Å². The summed E-state index contributed by atoms with van der Waals surface area (Å²) in [5.41, 5.74) is 2.65. The molecule has 1 saturated heterocycles. The minimum Gasteiger partial charge on any atom is -0.490 e. The Morgan fingerprint density at radius 2 is 1.91 bits per heavy atom. The number of piperidine rings is 1. The van der Waals surface area contributed by atoms with E-state index in [-0.39, 0.29) is 12.0 Å². The Morgan fingerprint density at radius 3 is 2.65 bits per heavy atom. The van der Waals surface area contributed by atoms with Gasteiger partial charge in [-0.15, -0.1) is 0 Å². The minimum absolute atomic E-state index is 0.0956. The average molecular weight is 312 g/mol. The second-order valence-electron chi connectivity index (χ2n) is 6.32. The highest BCUT2D eigenvalue weighted by Gasteiger charge is 2.20. The van der Waals surface area contributed by atoms with Crippen molar-refractivity contribution >= 4 is 5.91 Å². The predicted molar refractivity (Wildman–Crippen MR) is 91.7 cm³/mol. The van der Waals surface area contributed by atoms with E-state index in [1.807, 2.05) is 55.3 Å². The standard InChI is InChI=1S/C19H24N2O2/c1-14(2)23-18-9-5-4-8-16(18)15-12-17(20-13-15)19(22)21-10-6-3-7-11-21/h4-5,8-9,12-14,20H,3,6-7,10-11H2,1-2H3. The molecule has 1 amide bonds. The van der Waals surface area contributed by atoms with Crippen molar-refractivity contribution in [3.63, 3.8) is 0 Å². The molecule has 1 fully saturated rings. The van der Waals surface area contributed by atoms with E-state index in [0.29, 0.717) is 5.69 Å². The van der Waals surface area contributed by atoms with Gasteiger partial charge >= 0.3 is 0 Å². The Bertz CT molecular complexity index is 670. The number of ether oxygens (including phenoxy) is 1. The molecule has 1 N–H and O–H groups in total. The number of H-pyrrole nitrogens is 1. The third-order valence-electron chi connectivity index (χ3n) is 4.12. The Morgan fingerprint density at radius 1 is 1.17 bits per heavy atom. The molecule has 1 aliphatic rings. The van der Waals surface area contributed by atoms with Gasteiger partial charge in [-0.25, -0.2) is 0 Å². The zero-order valence-electron chi connectivity index (χ0n) is 13.8. The lowest BCUT2D eigenvalue weighted by Crippen LogP contribution is -2.35. The van der Waals surface area contributed by atoms with Crippen LogP contribution in [0.25, 0.3) is 11.1 Å². The largest absolute Gasteiger partial charge is 0.490 e. The molecule has 4 nitrogen and oxygen atoms in total. The smallest absolute Gasteiger partial charge is 0.270 e. The zero-order chi connectivity index (χ0) is 16.2. The summed E-state index contributed by atoms with van der Waals surface area (Å²) >= 11 is 0. The normalized spacial score (nSPS) is 15.0. The van der Waals surface area contributed by atoms with E-state index in [2.05, 4.69) is 4.98 Å². The van der Waals surface area contributed by atoms with Gasteiger partial charge in [-0.05, 0) is 45.2 Å². The third-order valence-corrected chi connectivity index (χ3v) is 4.12. The summed E-state index contributed by atoms with van der Waals surface area (Å²) in [5, 5.41) is 0. The highest BCUT2D eigenvalue weighted by atomic mass is 16.5. The fourth-order valence-corrected chi connectivity index (χ4v) is 3.00. The Labute approximate surface area is 137 Å². The number of carbonyl (C=O) groups is 1. The molecule has 2 heterocycles. The molecule has 0 atom stereocenters. The maximum absolute atomic E-state index is 12.6. The second-order valence-corrected chi connectivity index (χ2v) is 6.32. The van der Waals surface area contributed by atoms with E-state index in [4.69, 9.17) is 4.74 Å². The van der Waals surface area contributed by atoms with Crippen molar-refractivity contribution in [3.05, 3.63) is 42.2 Å². The Hall–Kier alpha value is -2.23. The summed E-state index contributed by atoms with van der Waals surface area (Å²) < 4.78 is 5.88. The van der Waals surface area contributed by atoms with Crippen molar-refractivity contribution in [2.24, 2.45) is 0 Å². The average Bonchev–Trinajstić information content (AvgIpc) is 3.05. The number of hydrogen-bond donors (Lipinski definition) is 1. The number of para-hydroxylation sites is 1. The maximum Gasteiger partial charge on any atom is 0.270 e. The minimum atomic E-state index is 0.0956. The number of aromatic amines is 1. The fourth-order valence-electron chi connectivity index (χ4n) is 3.00. The fraction of sp³-hybridized carbons (Fsp3) is 0.421. The summed E-state index contributed by atoms with van der Waals surface area (Å²) in [7, 11) is 0. The quantitative estimate of drug-likeness (QED) is 0.924. The molecular weight excluding hydrogens is 288 g/mol. The van der Waals surface area contributed by atoms with Gasteiger partial charge in [-0.2, -0.15) is 0 Å². The van der Waals surface area contributed by atoms with Crippen LogP contribution in [0.1, 0.15) is 43.6 Å². The lowest BCUT2D eigenvalue weighted by Gasteiger charge is -2.26. The molecule has 0 aliphatic carbocycles. The number of nitrogens with one attached hydrogen (secondary N) is 1. The summed E-state index contributed by atoms with van der Waals surface area (Å²) in [5.74, 6) is 0.941. The van der Waals surface area contributed by atoms with E-state index >= 15 is 0 Å². The lowest BCUT2D eigenvalue weighted by molar-refractivity contribution is 0.0719. The highest BCUT2D eigenvalue weighted by molar-refractivity contribution is 5.94. The molecule has 0 bridgehead atoms. The first-order chi connectivity index (χ1) is 11.1. The summed E-state index contributed by atoms with van der Waals surface area (Å²) in [6.07, 6.45) is 5.43. The number of rotatable bonds is 4. The summed E-state index contributed by atoms with van der Waals surface area (Å²) in [6.45, 7) is 5.75. The van der Waals surface area contributed by atoms with Gasteiger partial charge < -0.3 is 14.6 Å². The lowest BCUT2D eigenvalue weighted by atomic mass is 10.1. The first-order valence-electron chi connectivity index (χ1n) is 8.39. The molecule has 23 heavy (non-hydrogen) atoms.